The van der Waals surface area contributed by atoms with Gasteiger partial charge in [-0.15, -0.1) is 0 Å². The molecule has 0 aliphatic carbocycles. The molecule has 0 atom stereocenters. The zero-order valence-corrected chi connectivity index (χ0v) is 18.9. The molecule has 0 bridgehead atoms. The number of amides is 2. The lowest BCUT2D eigenvalue weighted by molar-refractivity contribution is -0.134. The first kappa shape index (κ1) is 22.5. The first-order valence-electron chi connectivity index (χ1n) is 10.3. The van der Waals surface area contributed by atoms with E-state index in [0.717, 1.165) is 22.4 Å². The summed E-state index contributed by atoms with van der Waals surface area (Å²) in [5.74, 6) is 1.71. The number of carbonyl (C=O) groups is 2. The van der Waals surface area contributed by atoms with E-state index in [-0.39, 0.29) is 18.4 Å². The zero-order chi connectivity index (χ0) is 22.5. The van der Waals surface area contributed by atoms with Gasteiger partial charge in [0.2, 0.25) is 0 Å². The average molecular weight is 427 g/mol. The van der Waals surface area contributed by atoms with Crippen molar-refractivity contribution in [1.82, 2.24) is 9.80 Å². The highest BCUT2D eigenvalue weighted by atomic mass is 16.5. The van der Waals surface area contributed by atoms with Crippen LogP contribution in [0.3, 0.4) is 0 Å². The van der Waals surface area contributed by atoms with Crippen LogP contribution in [0.4, 0.5) is 0 Å². The summed E-state index contributed by atoms with van der Waals surface area (Å²) in [6.45, 7) is 7.90. The molecule has 3 rings (SSSR count). The van der Waals surface area contributed by atoms with Gasteiger partial charge in [0, 0.05) is 31.7 Å². The number of rotatable bonds is 6. The van der Waals surface area contributed by atoms with Crippen LogP contribution >= 0.6 is 0 Å². The molecule has 166 valence electrons. The van der Waals surface area contributed by atoms with Gasteiger partial charge in [-0.05, 0) is 55.7 Å². The van der Waals surface area contributed by atoms with E-state index in [2.05, 4.69) is 0 Å². The summed E-state index contributed by atoms with van der Waals surface area (Å²) >= 11 is 0. The van der Waals surface area contributed by atoms with Crippen molar-refractivity contribution in [2.45, 2.75) is 20.8 Å². The summed E-state index contributed by atoms with van der Waals surface area (Å²) in [6.07, 6.45) is 0. The Kier molecular flexibility index (Phi) is 7.05. The van der Waals surface area contributed by atoms with Crippen molar-refractivity contribution in [3.63, 3.8) is 0 Å². The number of benzene rings is 2. The molecule has 1 heterocycles. The third-order valence-corrected chi connectivity index (χ3v) is 5.76. The lowest BCUT2D eigenvalue weighted by Crippen LogP contribution is -2.51. The molecule has 2 aromatic carbocycles. The van der Waals surface area contributed by atoms with Gasteiger partial charge < -0.3 is 24.0 Å². The summed E-state index contributed by atoms with van der Waals surface area (Å²) < 4.78 is 16.4. The molecule has 0 radical (unpaired) electrons. The lowest BCUT2D eigenvalue weighted by atomic mass is 10.1. The van der Waals surface area contributed by atoms with E-state index in [1.54, 1.807) is 35.1 Å². The van der Waals surface area contributed by atoms with Crippen molar-refractivity contribution >= 4 is 11.8 Å². The number of carbonyl (C=O) groups excluding carboxylic acids is 2. The van der Waals surface area contributed by atoms with E-state index in [4.69, 9.17) is 14.2 Å². The van der Waals surface area contributed by atoms with Gasteiger partial charge in [0.1, 0.15) is 5.75 Å². The first-order chi connectivity index (χ1) is 14.8. The smallest absolute Gasteiger partial charge is 0.260 e. The van der Waals surface area contributed by atoms with E-state index >= 15 is 0 Å². The minimum Gasteiger partial charge on any atom is -0.493 e. The van der Waals surface area contributed by atoms with E-state index in [0.29, 0.717) is 43.2 Å². The Labute approximate surface area is 183 Å². The fourth-order valence-electron chi connectivity index (χ4n) is 3.68. The standard InChI is InChI=1S/C24H30N2O5/c1-16-6-7-17(2)23(18(16)3)31-15-22(27)25-10-12-26(13-11-25)24(28)19-8-9-20(29-4)21(14-19)30-5/h6-9,14H,10-13,15H2,1-5H3. The lowest BCUT2D eigenvalue weighted by Gasteiger charge is -2.35. The van der Waals surface area contributed by atoms with Gasteiger partial charge >= 0.3 is 0 Å². The topological polar surface area (TPSA) is 68.3 Å². The maximum atomic E-state index is 12.9. The van der Waals surface area contributed by atoms with Crippen LogP contribution in [0.2, 0.25) is 0 Å². The van der Waals surface area contributed by atoms with Crippen LogP contribution in [-0.2, 0) is 4.79 Å². The molecule has 0 N–H and O–H groups in total. The molecule has 0 unspecified atom stereocenters. The Hall–Kier alpha value is -3.22. The summed E-state index contributed by atoms with van der Waals surface area (Å²) in [5, 5.41) is 0. The highest BCUT2D eigenvalue weighted by Gasteiger charge is 2.26. The van der Waals surface area contributed by atoms with Gasteiger partial charge in [-0.2, -0.15) is 0 Å². The second kappa shape index (κ2) is 9.73. The minimum atomic E-state index is -0.0877. The van der Waals surface area contributed by atoms with Crippen LogP contribution < -0.4 is 14.2 Å². The van der Waals surface area contributed by atoms with Gasteiger partial charge in [-0.25, -0.2) is 0 Å². The van der Waals surface area contributed by atoms with Crippen LogP contribution in [0.25, 0.3) is 0 Å². The molecule has 7 nitrogen and oxygen atoms in total. The molecule has 2 aromatic rings. The van der Waals surface area contributed by atoms with Crippen molar-refractivity contribution in [3.05, 3.63) is 52.6 Å². The fraction of sp³-hybridized carbons (Fsp3) is 0.417. The molecule has 1 fully saturated rings. The SMILES string of the molecule is COc1ccc(C(=O)N2CCN(C(=O)COc3c(C)ccc(C)c3C)CC2)cc1OC. The number of hydrogen-bond donors (Lipinski definition) is 0. The average Bonchev–Trinajstić information content (AvgIpc) is 2.80. The van der Waals surface area contributed by atoms with Gasteiger partial charge in [0.25, 0.3) is 11.8 Å². The maximum absolute atomic E-state index is 12.9. The molecule has 7 heteroatoms. The monoisotopic (exact) mass is 426 g/mol. The van der Waals surface area contributed by atoms with Crippen molar-refractivity contribution in [3.8, 4) is 17.2 Å². The highest BCUT2D eigenvalue weighted by molar-refractivity contribution is 5.95. The van der Waals surface area contributed by atoms with Crippen LogP contribution in [0.15, 0.2) is 30.3 Å². The maximum Gasteiger partial charge on any atom is 0.260 e. The number of hydrogen-bond acceptors (Lipinski definition) is 5. The van der Waals surface area contributed by atoms with Gasteiger partial charge in [-0.3, -0.25) is 9.59 Å². The van der Waals surface area contributed by atoms with Crippen LogP contribution in [0.5, 0.6) is 17.2 Å². The second-order valence-electron chi connectivity index (χ2n) is 7.68. The molecule has 1 saturated heterocycles. The van der Waals surface area contributed by atoms with E-state index in [9.17, 15) is 9.59 Å². The minimum absolute atomic E-state index is 0.00520. The number of nitrogens with zero attached hydrogens (tertiary/aromatic N) is 2. The van der Waals surface area contributed by atoms with Crippen molar-refractivity contribution < 1.29 is 23.8 Å². The van der Waals surface area contributed by atoms with Gasteiger partial charge in [0.15, 0.2) is 18.1 Å². The van der Waals surface area contributed by atoms with Gasteiger partial charge in [0.05, 0.1) is 14.2 Å². The van der Waals surface area contributed by atoms with E-state index in [1.165, 1.54) is 7.11 Å². The molecule has 0 saturated carbocycles. The molecule has 2 amide bonds. The number of methoxy groups -OCH3 is 2. The Balaban J connectivity index is 1.56. The number of piperazine rings is 1. The Bertz CT molecular complexity index is 965. The summed E-state index contributed by atoms with van der Waals surface area (Å²) in [4.78, 5) is 29.0. The van der Waals surface area contributed by atoms with Crippen molar-refractivity contribution in [2.24, 2.45) is 0 Å². The predicted octanol–water partition coefficient (Wildman–Crippen LogP) is 2.99. The predicted molar refractivity (Wildman–Crippen MR) is 118 cm³/mol. The quantitative estimate of drug-likeness (QED) is 0.710. The fourth-order valence-corrected chi connectivity index (χ4v) is 3.68. The van der Waals surface area contributed by atoms with Crippen LogP contribution in [0, 0.1) is 20.8 Å². The second-order valence-corrected chi connectivity index (χ2v) is 7.68. The summed E-state index contributed by atoms with van der Waals surface area (Å²) in [7, 11) is 3.10. The first-order valence-corrected chi connectivity index (χ1v) is 10.3. The molecular formula is C24H30N2O5. The Morgan fingerprint density at radius 3 is 2.10 bits per heavy atom. The summed E-state index contributed by atoms with van der Waals surface area (Å²) in [5.41, 5.74) is 3.74. The molecule has 1 aliphatic rings. The number of aryl methyl sites for hydroxylation is 2. The third kappa shape index (κ3) is 4.93. The van der Waals surface area contributed by atoms with E-state index < -0.39 is 0 Å². The zero-order valence-electron chi connectivity index (χ0n) is 18.9. The van der Waals surface area contributed by atoms with Crippen molar-refractivity contribution in [2.75, 3.05) is 47.0 Å². The van der Waals surface area contributed by atoms with Gasteiger partial charge in [-0.1, -0.05) is 12.1 Å². The van der Waals surface area contributed by atoms with Crippen LogP contribution in [0.1, 0.15) is 27.0 Å². The Morgan fingerprint density at radius 2 is 1.45 bits per heavy atom. The molecule has 1 aliphatic heterocycles. The van der Waals surface area contributed by atoms with Crippen LogP contribution in [-0.4, -0.2) is 68.6 Å². The molecule has 31 heavy (non-hydrogen) atoms. The molecule has 0 aromatic heterocycles. The molecule has 0 spiro atoms. The largest absolute Gasteiger partial charge is 0.493 e. The highest BCUT2D eigenvalue weighted by Crippen LogP contribution is 2.28. The Morgan fingerprint density at radius 1 is 0.839 bits per heavy atom. The summed E-state index contributed by atoms with van der Waals surface area (Å²) in [6, 6.07) is 9.17. The third-order valence-electron chi connectivity index (χ3n) is 5.76. The molecular weight excluding hydrogens is 396 g/mol. The normalized spacial score (nSPS) is 13.7. The number of ether oxygens (including phenoxy) is 3. The van der Waals surface area contributed by atoms with Crippen molar-refractivity contribution in [1.29, 1.82) is 0 Å². The van der Waals surface area contributed by atoms with E-state index in [1.807, 2.05) is 32.9 Å².